The van der Waals surface area contributed by atoms with Crippen molar-refractivity contribution in [2.24, 2.45) is 0 Å². The summed E-state index contributed by atoms with van der Waals surface area (Å²) in [5.41, 5.74) is 0.672. The minimum Gasteiger partial charge on any atom is -0.445 e. The molecule has 1 aliphatic rings. The summed E-state index contributed by atoms with van der Waals surface area (Å²) in [7, 11) is 1.32. The number of carbonyl (C=O) groups is 2. The second-order valence-electron chi connectivity index (χ2n) is 5.08. The lowest BCUT2D eigenvalue weighted by molar-refractivity contribution is -0.173. The molecule has 6 nitrogen and oxygen atoms in total. The third-order valence-corrected chi connectivity index (χ3v) is 2.86. The molecule has 0 unspecified atom stereocenters. The summed E-state index contributed by atoms with van der Waals surface area (Å²) in [6.45, 7) is 3.21. The molecule has 1 amide bonds. The Bertz CT molecular complexity index is 609. The lowest BCUT2D eigenvalue weighted by atomic mass is 10.2. The van der Waals surface area contributed by atoms with E-state index in [0.717, 1.165) is 11.1 Å². The number of hydrogen-bond donors (Lipinski definition) is 0. The van der Waals surface area contributed by atoms with Crippen molar-refractivity contribution < 1.29 is 28.3 Å². The summed E-state index contributed by atoms with van der Waals surface area (Å²) in [4.78, 5) is 28.7. The number of esters is 1. The van der Waals surface area contributed by atoms with Gasteiger partial charge < -0.3 is 9.47 Å². The third-order valence-electron chi connectivity index (χ3n) is 2.86. The highest BCUT2D eigenvalue weighted by Crippen LogP contribution is 2.26. The molecule has 1 saturated heterocycles. The number of cyclic esters (lactones) is 1. The Morgan fingerprint density at radius 3 is 2.45 bits per heavy atom. The quantitative estimate of drug-likeness (QED) is 0.483. The van der Waals surface area contributed by atoms with Crippen LogP contribution in [0.15, 0.2) is 36.1 Å². The third kappa shape index (κ3) is 3.82. The van der Waals surface area contributed by atoms with Crippen molar-refractivity contribution in [1.29, 1.82) is 0 Å². The molecule has 118 valence electrons. The summed E-state index contributed by atoms with van der Waals surface area (Å²) >= 11 is 0. The van der Waals surface area contributed by atoms with Gasteiger partial charge in [0, 0.05) is 13.8 Å². The second-order valence-corrected chi connectivity index (χ2v) is 5.08. The van der Waals surface area contributed by atoms with Crippen LogP contribution in [0.4, 0.5) is 4.39 Å². The lowest BCUT2D eigenvalue weighted by Gasteiger charge is -2.18. The van der Waals surface area contributed by atoms with Gasteiger partial charge in [-0.1, -0.05) is 12.1 Å². The van der Waals surface area contributed by atoms with E-state index in [0.29, 0.717) is 5.56 Å². The Morgan fingerprint density at radius 2 is 1.95 bits per heavy atom. The molecule has 1 heterocycles. The number of rotatable bonds is 4. The van der Waals surface area contributed by atoms with Gasteiger partial charge in [0.05, 0.1) is 19.7 Å². The van der Waals surface area contributed by atoms with Crippen LogP contribution < -0.4 is 0 Å². The van der Waals surface area contributed by atoms with Crippen molar-refractivity contribution in [3.63, 3.8) is 0 Å². The molecule has 0 saturated carbocycles. The van der Waals surface area contributed by atoms with Crippen LogP contribution in [0.3, 0.4) is 0 Å². The maximum Gasteiger partial charge on any atom is 0.377 e. The van der Waals surface area contributed by atoms with Gasteiger partial charge in [0.25, 0.3) is 5.91 Å². The van der Waals surface area contributed by atoms with E-state index in [2.05, 4.69) is 0 Å². The van der Waals surface area contributed by atoms with Gasteiger partial charge in [0.2, 0.25) is 11.5 Å². The summed E-state index contributed by atoms with van der Waals surface area (Å²) in [6.07, 6.45) is 1.00. The van der Waals surface area contributed by atoms with Crippen molar-refractivity contribution >= 4 is 11.9 Å². The maximum atomic E-state index is 12.9. The molecule has 1 aromatic rings. The molecule has 0 radical (unpaired) electrons. The van der Waals surface area contributed by atoms with Gasteiger partial charge in [0.15, 0.2) is 0 Å². The zero-order chi connectivity index (χ0) is 16.3. The van der Waals surface area contributed by atoms with E-state index in [1.807, 2.05) is 0 Å². The van der Waals surface area contributed by atoms with Crippen LogP contribution in [0.25, 0.3) is 0 Å². The number of amides is 1. The van der Waals surface area contributed by atoms with Crippen LogP contribution in [-0.2, 0) is 30.4 Å². The summed E-state index contributed by atoms with van der Waals surface area (Å²) in [5.74, 6) is -2.95. The van der Waals surface area contributed by atoms with Gasteiger partial charge >= 0.3 is 5.97 Å². The summed E-state index contributed by atoms with van der Waals surface area (Å²) in [5, 5.41) is 1.02. The molecule has 0 atom stereocenters. The highest BCUT2D eigenvalue weighted by molar-refractivity contribution is 5.97. The smallest absolute Gasteiger partial charge is 0.377 e. The van der Waals surface area contributed by atoms with Crippen LogP contribution in [0.2, 0.25) is 0 Å². The summed E-state index contributed by atoms with van der Waals surface area (Å²) < 4.78 is 23.0. The molecule has 1 fully saturated rings. The molecule has 0 N–H and O–H groups in total. The van der Waals surface area contributed by atoms with Crippen LogP contribution in [0.1, 0.15) is 19.4 Å². The number of nitrogens with zero attached hydrogens (tertiary/aromatic N) is 1. The summed E-state index contributed by atoms with van der Waals surface area (Å²) in [6, 6.07) is 5.63. The largest absolute Gasteiger partial charge is 0.445 e. The van der Waals surface area contributed by atoms with Gasteiger partial charge in [-0.15, -0.1) is 0 Å². The Morgan fingerprint density at radius 1 is 1.32 bits per heavy atom. The van der Waals surface area contributed by atoms with Gasteiger partial charge in [-0.2, -0.15) is 0 Å². The maximum absolute atomic E-state index is 12.9. The Kier molecular flexibility index (Phi) is 4.46. The van der Waals surface area contributed by atoms with Crippen LogP contribution in [-0.4, -0.2) is 29.8 Å². The van der Waals surface area contributed by atoms with E-state index >= 15 is 0 Å². The van der Waals surface area contributed by atoms with Crippen molar-refractivity contribution in [3.05, 3.63) is 47.5 Å². The van der Waals surface area contributed by atoms with E-state index in [1.165, 1.54) is 31.4 Å². The minimum atomic E-state index is -1.10. The van der Waals surface area contributed by atoms with Crippen molar-refractivity contribution in [2.45, 2.75) is 26.2 Å². The van der Waals surface area contributed by atoms with E-state index in [-0.39, 0.29) is 18.1 Å². The average molecular weight is 309 g/mol. The zero-order valence-corrected chi connectivity index (χ0v) is 12.5. The molecule has 22 heavy (non-hydrogen) atoms. The first-order valence-electron chi connectivity index (χ1n) is 6.55. The van der Waals surface area contributed by atoms with Crippen LogP contribution in [0.5, 0.6) is 0 Å². The first kappa shape index (κ1) is 16.0. The van der Waals surface area contributed by atoms with E-state index in [9.17, 15) is 14.0 Å². The number of hydroxylamine groups is 2. The fraction of sp³-hybridized carbons (Fsp3) is 0.333. The molecular formula is C15H16FNO5. The van der Waals surface area contributed by atoms with E-state index in [1.54, 1.807) is 13.8 Å². The number of ether oxygens (including phenoxy) is 2. The topological polar surface area (TPSA) is 65.1 Å². The molecule has 1 aromatic carbocycles. The molecule has 0 aromatic heterocycles. The molecular weight excluding hydrogens is 293 g/mol. The predicted molar refractivity (Wildman–Crippen MR) is 73.3 cm³/mol. The minimum absolute atomic E-state index is 0.0951. The van der Waals surface area contributed by atoms with Crippen LogP contribution in [0, 0.1) is 5.82 Å². The monoisotopic (exact) mass is 309 g/mol. The molecule has 1 aliphatic heterocycles. The number of halogens is 1. The first-order valence-corrected chi connectivity index (χ1v) is 6.55. The SMILES string of the molecule is CON(Cc1ccc(F)cc1)C(=O)/C=C1\OC(C)(C)OC1=O. The van der Waals surface area contributed by atoms with Crippen molar-refractivity contribution in [2.75, 3.05) is 7.11 Å². The molecule has 0 bridgehead atoms. The van der Waals surface area contributed by atoms with Gasteiger partial charge in [-0.05, 0) is 17.7 Å². The lowest BCUT2D eigenvalue weighted by Crippen LogP contribution is -2.28. The molecule has 2 rings (SSSR count). The predicted octanol–water partition coefficient (Wildman–Crippen LogP) is 1.91. The van der Waals surface area contributed by atoms with Gasteiger partial charge in [0.1, 0.15) is 5.82 Å². The van der Waals surface area contributed by atoms with Crippen molar-refractivity contribution in [3.8, 4) is 0 Å². The Labute approximate surface area is 127 Å². The standard InChI is InChI=1S/C15H16FNO5/c1-15(2)21-12(14(19)22-15)8-13(18)17(20-3)9-10-4-6-11(16)7-5-10/h4-8H,9H2,1-3H3/b12-8-. The highest BCUT2D eigenvalue weighted by atomic mass is 19.1. The van der Waals surface area contributed by atoms with Gasteiger partial charge in [-0.25, -0.2) is 14.2 Å². The zero-order valence-electron chi connectivity index (χ0n) is 12.5. The Hall–Kier alpha value is -2.41. The first-order chi connectivity index (χ1) is 10.3. The Balaban J connectivity index is 2.09. The fourth-order valence-electron chi connectivity index (χ4n) is 1.86. The van der Waals surface area contributed by atoms with Gasteiger partial charge in [-0.3, -0.25) is 9.63 Å². The number of benzene rings is 1. The van der Waals surface area contributed by atoms with Crippen molar-refractivity contribution in [1.82, 2.24) is 5.06 Å². The van der Waals surface area contributed by atoms with E-state index < -0.39 is 17.7 Å². The number of hydrogen-bond acceptors (Lipinski definition) is 5. The van der Waals surface area contributed by atoms with Crippen LogP contribution >= 0.6 is 0 Å². The molecule has 0 spiro atoms. The fourth-order valence-corrected chi connectivity index (χ4v) is 1.86. The molecule has 7 heteroatoms. The highest BCUT2D eigenvalue weighted by Gasteiger charge is 2.38. The van der Waals surface area contributed by atoms with E-state index in [4.69, 9.17) is 14.3 Å². The average Bonchev–Trinajstić information content (AvgIpc) is 2.70. The number of carbonyl (C=O) groups excluding carboxylic acids is 2. The normalized spacial score (nSPS) is 18.0. The molecule has 0 aliphatic carbocycles. The second kappa shape index (κ2) is 6.15.